The summed E-state index contributed by atoms with van der Waals surface area (Å²) in [5.41, 5.74) is 0.773. The molecule has 0 spiro atoms. The highest BCUT2D eigenvalue weighted by atomic mass is 31.3. The lowest BCUT2D eigenvalue weighted by Gasteiger charge is -2.18. The van der Waals surface area contributed by atoms with Gasteiger partial charge in [-0.25, -0.2) is 24.1 Å². The zero-order valence-corrected chi connectivity index (χ0v) is 18.3. The molecule has 2 fully saturated rings. The zero-order valence-electron chi connectivity index (χ0n) is 16.5. The number of rotatable bonds is 8. The Hall–Kier alpha value is -1.51. The van der Waals surface area contributed by atoms with Gasteiger partial charge < -0.3 is 34.9 Å². The summed E-state index contributed by atoms with van der Waals surface area (Å²) in [6.07, 6.45) is 1.47. The average molecular weight is 495 g/mol. The second-order valence-electron chi connectivity index (χ2n) is 7.55. The summed E-state index contributed by atoms with van der Waals surface area (Å²) in [5, 5.41) is 24.1. The van der Waals surface area contributed by atoms with E-state index >= 15 is 0 Å². The molecule has 1 aliphatic carbocycles. The Morgan fingerprint density at radius 3 is 2.53 bits per heavy atom. The smallest absolute Gasteiger partial charge is 0.387 e. The van der Waals surface area contributed by atoms with Gasteiger partial charge in [0.1, 0.15) is 24.6 Å². The molecule has 4 rings (SSSR count). The summed E-state index contributed by atoms with van der Waals surface area (Å²) in [4.78, 5) is 39.4. The number of imidazole rings is 1. The fraction of sp³-hybridized carbons (Fsp3) is 0.667. The van der Waals surface area contributed by atoms with E-state index in [0.29, 0.717) is 17.0 Å². The van der Waals surface area contributed by atoms with Gasteiger partial charge in [-0.05, 0) is 12.8 Å². The molecule has 3 heterocycles. The van der Waals surface area contributed by atoms with Crippen LogP contribution in [0.25, 0.3) is 11.2 Å². The summed E-state index contributed by atoms with van der Waals surface area (Å²) in [6, 6.07) is 0.277. The fourth-order valence-electron chi connectivity index (χ4n) is 3.83. The van der Waals surface area contributed by atoms with Crippen LogP contribution in [-0.4, -0.2) is 75.4 Å². The minimum Gasteiger partial charge on any atom is -0.387 e. The van der Waals surface area contributed by atoms with Gasteiger partial charge >= 0.3 is 15.6 Å². The van der Waals surface area contributed by atoms with Crippen molar-refractivity contribution in [3.63, 3.8) is 0 Å². The Balaban J connectivity index is 1.49. The summed E-state index contributed by atoms with van der Waals surface area (Å²) in [5.74, 6) is 0.532. The Labute approximate surface area is 181 Å². The topological polar surface area (TPSA) is 219 Å². The lowest BCUT2D eigenvalue weighted by Crippen LogP contribution is -2.33. The molecule has 0 aromatic carbocycles. The van der Waals surface area contributed by atoms with E-state index in [4.69, 9.17) is 14.5 Å². The first-order valence-corrected chi connectivity index (χ1v) is 12.8. The van der Waals surface area contributed by atoms with Crippen molar-refractivity contribution < 1.29 is 47.6 Å². The van der Waals surface area contributed by atoms with Crippen molar-refractivity contribution in [3.8, 4) is 0 Å². The van der Waals surface area contributed by atoms with E-state index in [0.717, 1.165) is 25.7 Å². The maximum absolute atomic E-state index is 11.6. The largest absolute Gasteiger partial charge is 0.481 e. The molecule has 1 aliphatic heterocycles. The number of fused-ring (bicyclic) bond motifs is 1. The highest BCUT2D eigenvalue weighted by molar-refractivity contribution is 7.60. The average Bonchev–Trinajstić information content (AvgIpc) is 3.41. The number of phosphoric acid groups is 2. The summed E-state index contributed by atoms with van der Waals surface area (Å²) >= 11 is 0. The highest BCUT2D eigenvalue weighted by Gasteiger charge is 2.46. The lowest BCUT2D eigenvalue weighted by molar-refractivity contribution is -0.0503. The SMILES string of the molecule is O=P(O)(O)OP(=O)(O)OC[C@H]1O[C@@H](n2cnc3c(NC4CCCC4)ncnc32)[C@H](O)[C@@H]1O. The second-order valence-corrected chi connectivity index (χ2v) is 10.4. The number of nitrogens with zero attached hydrogens (tertiary/aromatic N) is 4. The standard InChI is InChI=1S/C15H23N5O10P2/c21-11-9(5-28-32(26,27)30-31(23,24)25)29-15(12(11)22)20-7-18-10-13(16-6-17-14(10)20)19-8-3-1-2-4-8/h6-9,11-12,15,21-22H,1-5H2,(H,26,27)(H,16,17,19)(H2,23,24,25)/t9-,11-,12-,15-/m1/s1. The van der Waals surface area contributed by atoms with Crippen molar-refractivity contribution in [1.29, 1.82) is 0 Å². The van der Waals surface area contributed by atoms with Gasteiger partial charge in [-0.1, -0.05) is 12.8 Å². The minimum absolute atomic E-state index is 0.277. The van der Waals surface area contributed by atoms with Crippen molar-refractivity contribution in [3.05, 3.63) is 12.7 Å². The Morgan fingerprint density at radius 2 is 1.84 bits per heavy atom. The number of ether oxygens (including phenoxy) is 1. The van der Waals surface area contributed by atoms with Crippen LogP contribution in [-0.2, 0) is 22.7 Å². The summed E-state index contributed by atoms with van der Waals surface area (Å²) in [6.45, 7) is -0.793. The van der Waals surface area contributed by atoms with Crippen LogP contribution in [0.3, 0.4) is 0 Å². The van der Waals surface area contributed by atoms with Crippen LogP contribution in [0.5, 0.6) is 0 Å². The van der Waals surface area contributed by atoms with Crippen LogP contribution in [0.15, 0.2) is 12.7 Å². The molecule has 0 amide bonds. The third kappa shape index (κ3) is 5.18. The van der Waals surface area contributed by atoms with Gasteiger partial charge in [0.05, 0.1) is 12.9 Å². The first-order chi connectivity index (χ1) is 15.0. The molecular weight excluding hydrogens is 472 g/mol. The normalized spacial score (nSPS) is 28.9. The van der Waals surface area contributed by atoms with Crippen LogP contribution < -0.4 is 5.32 Å². The molecule has 0 bridgehead atoms. The first-order valence-electron chi connectivity index (χ1n) is 9.74. The number of nitrogens with one attached hydrogen (secondary N) is 1. The maximum atomic E-state index is 11.6. The van der Waals surface area contributed by atoms with E-state index < -0.39 is 46.8 Å². The van der Waals surface area contributed by atoms with Crippen molar-refractivity contribution in [2.45, 2.75) is 56.3 Å². The number of aromatic nitrogens is 4. The van der Waals surface area contributed by atoms with E-state index in [1.54, 1.807) is 0 Å². The number of phosphoric ester groups is 1. The van der Waals surface area contributed by atoms with Crippen molar-refractivity contribution in [1.82, 2.24) is 19.5 Å². The van der Waals surface area contributed by atoms with Gasteiger partial charge in [-0.15, -0.1) is 0 Å². The molecule has 2 aromatic heterocycles. The van der Waals surface area contributed by atoms with Gasteiger partial charge in [-0.3, -0.25) is 9.09 Å². The van der Waals surface area contributed by atoms with Gasteiger partial charge in [0, 0.05) is 6.04 Å². The van der Waals surface area contributed by atoms with E-state index in [9.17, 15) is 24.2 Å². The molecule has 0 radical (unpaired) electrons. The monoisotopic (exact) mass is 495 g/mol. The van der Waals surface area contributed by atoms with Crippen LogP contribution in [0.4, 0.5) is 5.82 Å². The molecule has 32 heavy (non-hydrogen) atoms. The molecular formula is C15H23N5O10P2. The number of aliphatic hydroxyl groups excluding tert-OH is 2. The van der Waals surface area contributed by atoms with E-state index in [-0.39, 0.29) is 6.04 Å². The number of hydrogen-bond acceptors (Lipinski definition) is 11. The van der Waals surface area contributed by atoms with Crippen LogP contribution >= 0.6 is 15.6 Å². The number of anilines is 1. The van der Waals surface area contributed by atoms with E-state index in [2.05, 4.69) is 29.1 Å². The van der Waals surface area contributed by atoms with Crippen molar-refractivity contribution in [2.24, 2.45) is 0 Å². The van der Waals surface area contributed by atoms with Crippen molar-refractivity contribution in [2.75, 3.05) is 11.9 Å². The van der Waals surface area contributed by atoms with E-state index in [1.165, 1.54) is 17.2 Å². The quantitative estimate of drug-likeness (QED) is 0.266. The molecule has 5 atom stereocenters. The molecule has 1 saturated heterocycles. The predicted molar refractivity (Wildman–Crippen MR) is 106 cm³/mol. The third-order valence-corrected chi connectivity index (χ3v) is 7.43. The molecule has 17 heteroatoms. The Kier molecular flexibility index (Phi) is 6.67. The second kappa shape index (κ2) is 9.03. The molecule has 2 aliphatic rings. The van der Waals surface area contributed by atoms with Gasteiger partial charge in [0.2, 0.25) is 0 Å². The van der Waals surface area contributed by atoms with Crippen molar-refractivity contribution >= 4 is 32.6 Å². The highest BCUT2D eigenvalue weighted by Crippen LogP contribution is 2.57. The molecule has 15 nitrogen and oxygen atoms in total. The van der Waals surface area contributed by atoms with E-state index in [1.807, 2.05) is 0 Å². The lowest BCUT2D eigenvalue weighted by atomic mass is 10.1. The Bertz CT molecular complexity index is 1060. The number of aliphatic hydroxyl groups is 2. The molecule has 1 saturated carbocycles. The van der Waals surface area contributed by atoms with Gasteiger partial charge in [-0.2, -0.15) is 4.31 Å². The van der Waals surface area contributed by atoms with Gasteiger partial charge in [0.25, 0.3) is 0 Å². The maximum Gasteiger partial charge on any atom is 0.481 e. The van der Waals surface area contributed by atoms with Crippen LogP contribution in [0, 0.1) is 0 Å². The van der Waals surface area contributed by atoms with Crippen LogP contribution in [0.1, 0.15) is 31.9 Å². The molecule has 6 N–H and O–H groups in total. The fourth-order valence-corrected chi connectivity index (χ4v) is 5.43. The van der Waals surface area contributed by atoms with Gasteiger partial charge in [0.15, 0.2) is 23.2 Å². The third-order valence-electron chi connectivity index (χ3n) is 5.28. The van der Waals surface area contributed by atoms with Crippen LogP contribution in [0.2, 0.25) is 0 Å². The zero-order chi connectivity index (χ0) is 23.1. The Morgan fingerprint density at radius 1 is 1.12 bits per heavy atom. The molecule has 1 unspecified atom stereocenters. The number of hydrogen-bond donors (Lipinski definition) is 6. The molecule has 2 aromatic rings. The minimum atomic E-state index is -5.29. The predicted octanol–water partition coefficient (Wildman–Crippen LogP) is 0.0263. The first kappa shape index (κ1) is 23.6. The summed E-state index contributed by atoms with van der Waals surface area (Å²) < 4.78 is 37.5. The summed E-state index contributed by atoms with van der Waals surface area (Å²) in [7, 11) is -10.4. The molecule has 178 valence electrons.